The molecule has 0 unspecified atom stereocenters. The van der Waals surface area contributed by atoms with Gasteiger partial charge in [-0.15, -0.1) is 11.3 Å². The van der Waals surface area contributed by atoms with Gasteiger partial charge in [-0.25, -0.2) is 4.48 Å². The minimum absolute atomic E-state index is 0.131. The van der Waals surface area contributed by atoms with Crippen molar-refractivity contribution in [2.45, 2.75) is 0 Å². The Morgan fingerprint density at radius 2 is 2.24 bits per heavy atom. The van der Waals surface area contributed by atoms with Crippen LogP contribution >= 0.6 is 23.6 Å². The number of nitriles is 1. The van der Waals surface area contributed by atoms with Crippen LogP contribution in [0.5, 0.6) is 0 Å². The predicted octanol–water partition coefficient (Wildman–Crippen LogP) is 1.47. The summed E-state index contributed by atoms with van der Waals surface area (Å²) in [6.07, 6.45) is 0. The first-order valence-corrected chi connectivity index (χ1v) is 6.16. The molecule has 0 aromatic carbocycles. The molecule has 1 aliphatic rings. The average molecular weight is 264 g/mol. The fourth-order valence-corrected chi connectivity index (χ4v) is 2.79. The summed E-state index contributed by atoms with van der Waals surface area (Å²) in [4.78, 5) is 12.6. The minimum Gasteiger partial charge on any atom is -0.268 e. The molecule has 0 atom stereocenters. The minimum atomic E-state index is -0.418. The number of carbonyl (C=O) groups is 1. The number of hydrogen-bond acceptors (Lipinski definition) is 4. The van der Waals surface area contributed by atoms with Crippen LogP contribution in [-0.2, 0) is 4.79 Å². The lowest BCUT2D eigenvalue weighted by Gasteiger charge is -2.33. The van der Waals surface area contributed by atoms with Crippen LogP contribution in [0.15, 0.2) is 23.1 Å². The molecule has 2 heterocycles. The Bertz CT molecular complexity index is 564. The van der Waals surface area contributed by atoms with Crippen LogP contribution in [0.4, 0.5) is 0 Å². The van der Waals surface area contributed by atoms with E-state index in [1.54, 1.807) is 0 Å². The quantitative estimate of drug-likeness (QED) is 0.617. The number of carbonyl (C=O) groups excluding carboxylic acids is 1. The van der Waals surface area contributed by atoms with Crippen LogP contribution < -0.4 is 5.32 Å². The maximum Gasteiger partial charge on any atom is 0.281 e. The molecular formula is C11H10N3OS2+. The molecule has 0 bridgehead atoms. The van der Waals surface area contributed by atoms with E-state index in [2.05, 4.69) is 5.32 Å². The van der Waals surface area contributed by atoms with E-state index in [0.29, 0.717) is 10.8 Å². The number of rotatable bonds is 1. The Balaban J connectivity index is 2.74. The van der Waals surface area contributed by atoms with Crippen molar-refractivity contribution in [3.63, 3.8) is 0 Å². The standard InChI is InChI=1S/C11H9N3OS2/c1-14(2)9(8-4-3-5-17-8)7(6-12)10(15)13-11(14)16/h3-5H,1-2H3/p+1. The molecule has 17 heavy (non-hydrogen) atoms. The number of hydrogen-bond donors (Lipinski definition) is 1. The van der Waals surface area contributed by atoms with Gasteiger partial charge in [0, 0.05) is 12.2 Å². The summed E-state index contributed by atoms with van der Waals surface area (Å²) in [7, 11) is 3.71. The first kappa shape index (κ1) is 11.9. The van der Waals surface area contributed by atoms with Crippen molar-refractivity contribution in [3.05, 3.63) is 28.0 Å². The number of thiocarbonyl (C=S) groups is 1. The van der Waals surface area contributed by atoms with Gasteiger partial charge in [0.05, 0.1) is 19.0 Å². The van der Waals surface area contributed by atoms with E-state index in [0.717, 1.165) is 4.88 Å². The van der Waals surface area contributed by atoms with Crippen molar-refractivity contribution in [1.82, 2.24) is 5.32 Å². The summed E-state index contributed by atoms with van der Waals surface area (Å²) >= 11 is 6.66. The van der Waals surface area contributed by atoms with Gasteiger partial charge in [0.15, 0.2) is 11.3 Å². The third-order valence-electron chi connectivity index (χ3n) is 2.62. The normalized spacial score (nSPS) is 18.9. The zero-order valence-electron chi connectivity index (χ0n) is 9.35. The van der Waals surface area contributed by atoms with Gasteiger partial charge < -0.3 is 0 Å². The second-order valence-electron chi connectivity index (χ2n) is 4.03. The highest BCUT2D eigenvalue weighted by Gasteiger charge is 2.41. The summed E-state index contributed by atoms with van der Waals surface area (Å²) in [5, 5.41) is 14.0. The molecule has 1 N–H and O–H groups in total. The van der Waals surface area contributed by atoms with Gasteiger partial charge in [0.25, 0.3) is 11.0 Å². The number of amides is 1. The highest BCUT2D eigenvalue weighted by Crippen LogP contribution is 2.33. The van der Waals surface area contributed by atoms with E-state index in [-0.39, 0.29) is 10.1 Å². The van der Waals surface area contributed by atoms with Crippen LogP contribution in [0.2, 0.25) is 0 Å². The molecule has 0 spiro atoms. The van der Waals surface area contributed by atoms with E-state index in [1.165, 1.54) is 11.3 Å². The van der Waals surface area contributed by atoms with Gasteiger partial charge in [-0.1, -0.05) is 6.07 Å². The van der Waals surface area contributed by atoms with E-state index < -0.39 is 5.91 Å². The molecule has 1 aromatic heterocycles. The lowest BCUT2D eigenvalue weighted by molar-refractivity contribution is -0.720. The van der Waals surface area contributed by atoms with Crippen molar-refractivity contribution in [1.29, 1.82) is 5.26 Å². The number of quaternary nitrogens is 1. The maximum absolute atomic E-state index is 11.7. The molecule has 0 aliphatic carbocycles. The molecule has 4 nitrogen and oxygen atoms in total. The summed E-state index contributed by atoms with van der Waals surface area (Å²) < 4.78 is 0.213. The summed E-state index contributed by atoms with van der Waals surface area (Å²) in [5.74, 6) is -0.418. The summed E-state index contributed by atoms with van der Waals surface area (Å²) in [6, 6.07) is 5.74. The first-order valence-electron chi connectivity index (χ1n) is 4.87. The van der Waals surface area contributed by atoms with Gasteiger partial charge in [0.1, 0.15) is 6.07 Å². The lowest BCUT2D eigenvalue weighted by Crippen LogP contribution is -2.56. The average Bonchev–Trinajstić information content (AvgIpc) is 2.76. The van der Waals surface area contributed by atoms with E-state index in [1.807, 2.05) is 37.7 Å². The Hall–Kier alpha value is -1.55. The molecule has 0 saturated heterocycles. The number of nitrogens with zero attached hydrogens (tertiary/aromatic N) is 2. The third kappa shape index (κ3) is 1.78. The largest absolute Gasteiger partial charge is 0.281 e. The molecule has 1 aromatic rings. The van der Waals surface area contributed by atoms with Gasteiger partial charge in [-0.3, -0.25) is 10.1 Å². The fraction of sp³-hybridized carbons (Fsp3) is 0.182. The van der Waals surface area contributed by atoms with Gasteiger partial charge >= 0.3 is 0 Å². The molecule has 0 saturated carbocycles. The highest BCUT2D eigenvalue weighted by atomic mass is 32.1. The number of thiophene rings is 1. The first-order chi connectivity index (χ1) is 7.98. The Morgan fingerprint density at radius 1 is 1.53 bits per heavy atom. The van der Waals surface area contributed by atoms with Crippen molar-refractivity contribution >= 4 is 40.3 Å². The molecule has 86 valence electrons. The Morgan fingerprint density at radius 3 is 2.76 bits per heavy atom. The summed E-state index contributed by atoms with van der Waals surface area (Å²) in [6.45, 7) is 0. The SMILES string of the molecule is C[N+]1(C)C(=S)NC(=O)C(C#N)=C1c1cccs1. The molecule has 6 heteroatoms. The van der Waals surface area contributed by atoms with Crippen molar-refractivity contribution < 1.29 is 9.28 Å². The van der Waals surface area contributed by atoms with Crippen LogP contribution in [0.25, 0.3) is 5.70 Å². The highest BCUT2D eigenvalue weighted by molar-refractivity contribution is 7.80. The molecule has 1 amide bonds. The predicted molar refractivity (Wildman–Crippen MR) is 69.7 cm³/mol. The monoisotopic (exact) mass is 264 g/mol. The van der Waals surface area contributed by atoms with E-state index in [4.69, 9.17) is 17.5 Å². The maximum atomic E-state index is 11.7. The van der Waals surface area contributed by atoms with Gasteiger partial charge in [-0.2, -0.15) is 5.26 Å². The fourth-order valence-electron chi connectivity index (χ4n) is 1.70. The molecule has 1 aliphatic heterocycles. The molecule has 2 rings (SSSR count). The van der Waals surface area contributed by atoms with E-state index in [9.17, 15) is 4.79 Å². The number of nitrogens with one attached hydrogen (secondary N) is 1. The zero-order chi connectivity index (χ0) is 12.6. The van der Waals surface area contributed by atoms with Crippen molar-refractivity contribution in [2.75, 3.05) is 14.1 Å². The van der Waals surface area contributed by atoms with Crippen LogP contribution in [-0.4, -0.2) is 29.6 Å². The van der Waals surface area contributed by atoms with Crippen molar-refractivity contribution in [2.24, 2.45) is 0 Å². The lowest BCUT2D eigenvalue weighted by atomic mass is 10.1. The van der Waals surface area contributed by atoms with E-state index >= 15 is 0 Å². The topological polar surface area (TPSA) is 52.9 Å². The van der Waals surface area contributed by atoms with Crippen LogP contribution in [0, 0.1) is 11.3 Å². The zero-order valence-corrected chi connectivity index (χ0v) is 11.0. The van der Waals surface area contributed by atoms with Crippen LogP contribution in [0.1, 0.15) is 4.88 Å². The Kier molecular flexibility index (Phi) is 2.83. The second kappa shape index (κ2) is 4.04. The van der Waals surface area contributed by atoms with Gasteiger partial charge in [-0.05, 0) is 11.4 Å². The smallest absolute Gasteiger partial charge is 0.268 e. The Labute approximate surface area is 108 Å². The van der Waals surface area contributed by atoms with Gasteiger partial charge in [0.2, 0.25) is 0 Å². The molecular weight excluding hydrogens is 254 g/mol. The van der Waals surface area contributed by atoms with Crippen LogP contribution in [0.3, 0.4) is 0 Å². The molecule has 0 radical (unpaired) electrons. The second-order valence-corrected chi connectivity index (χ2v) is 5.36. The van der Waals surface area contributed by atoms with Crippen molar-refractivity contribution in [3.8, 4) is 6.07 Å². The summed E-state index contributed by atoms with van der Waals surface area (Å²) in [5.41, 5.74) is 0.794. The third-order valence-corrected chi connectivity index (χ3v) is 4.05. The molecule has 0 fully saturated rings.